The highest BCUT2D eigenvalue weighted by atomic mass is 16.2. The van der Waals surface area contributed by atoms with Crippen molar-refractivity contribution in [2.45, 2.75) is 38.6 Å². The number of fused-ring (bicyclic) bond motifs is 1. The number of hydrogen-bond donors (Lipinski definition) is 1. The number of hydrogen-bond acceptors (Lipinski definition) is 5. The van der Waals surface area contributed by atoms with Crippen LogP contribution in [-0.4, -0.2) is 37.0 Å². The number of nitrogens with one attached hydrogen (secondary N) is 1. The summed E-state index contributed by atoms with van der Waals surface area (Å²) < 4.78 is 3.32. The van der Waals surface area contributed by atoms with Crippen molar-refractivity contribution in [1.82, 2.24) is 29.9 Å². The Morgan fingerprint density at radius 2 is 2.13 bits per heavy atom. The lowest BCUT2D eigenvalue weighted by atomic mass is 10.2. The Kier molecular flexibility index (Phi) is 4.50. The SMILES string of the molecule is Cn1nc(C(=O)NCCc2nnc3n2CCCCC3)ccc1=O. The molecule has 0 aliphatic carbocycles. The van der Waals surface area contributed by atoms with E-state index in [4.69, 9.17) is 0 Å². The van der Waals surface area contributed by atoms with E-state index in [0.29, 0.717) is 13.0 Å². The van der Waals surface area contributed by atoms with Crippen molar-refractivity contribution >= 4 is 5.91 Å². The smallest absolute Gasteiger partial charge is 0.271 e. The largest absolute Gasteiger partial charge is 0.350 e. The molecular weight excluding hydrogens is 296 g/mol. The van der Waals surface area contributed by atoms with Gasteiger partial charge >= 0.3 is 0 Å². The highest BCUT2D eigenvalue weighted by molar-refractivity contribution is 5.91. The third-order valence-electron chi connectivity index (χ3n) is 4.01. The summed E-state index contributed by atoms with van der Waals surface area (Å²) >= 11 is 0. The summed E-state index contributed by atoms with van der Waals surface area (Å²) in [7, 11) is 1.52. The molecule has 1 aliphatic rings. The maximum absolute atomic E-state index is 12.0. The molecule has 1 N–H and O–H groups in total. The van der Waals surface area contributed by atoms with E-state index in [-0.39, 0.29) is 17.2 Å². The van der Waals surface area contributed by atoms with Gasteiger partial charge in [0.2, 0.25) is 0 Å². The van der Waals surface area contributed by atoms with Crippen molar-refractivity contribution in [1.29, 1.82) is 0 Å². The van der Waals surface area contributed by atoms with Gasteiger partial charge in [0.1, 0.15) is 17.3 Å². The van der Waals surface area contributed by atoms with Crippen LogP contribution >= 0.6 is 0 Å². The van der Waals surface area contributed by atoms with Crippen molar-refractivity contribution in [3.05, 3.63) is 39.8 Å². The molecule has 3 heterocycles. The van der Waals surface area contributed by atoms with E-state index in [2.05, 4.69) is 25.2 Å². The molecule has 1 aliphatic heterocycles. The minimum absolute atomic E-state index is 0.229. The molecule has 0 bridgehead atoms. The quantitative estimate of drug-likeness (QED) is 0.861. The second-order valence-corrected chi connectivity index (χ2v) is 5.68. The van der Waals surface area contributed by atoms with Gasteiger partial charge in [-0.3, -0.25) is 9.59 Å². The number of carbonyl (C=O) groups is 1. The van der Waals surface area contributed by atoms with Crippen molar-refractivity contribution < 1.29 is 4.79 Å². The number of aromatic nitrogens is 5. The van der Waals surface area contributed by atoms with Crippen LogP contribution in [0.5, 0.6) is 0 Å². The first-order valence-electron chi connectivity index (χ1n) is 7.88. The molecule has 0 unspecified atom stereocenters. The summed E-state index contributed by atoms with van der Waals surface area (Å²) in [5.41, 5.74) is -0.0140. The van der Waals surface area contributed by atoms with Gasteiger partial charge in [0.15, 0.2) is 0 Å². The minimum Gasteiger partial charge on any atom is -0.350 e. The van der Waals surface area contributed by atoms with E-state index in [1.807, 2.05) is 0 Å². The lowest BCUT2D eigenvalue weighted by Crippen LogP contribution is -2.30. The molecule has 2 aromatic heterocycles. The molecule has 0 saturated carbocycles. The highest BCUT2D eigenvalue weighted by Gasteiger charge is 2.15. The number of aryl methyl sites for hydroxylation is 2. The fourth-order valence-electron chi connectivity index (χ4n) is 2.73. The number of amides is 1. The summed E-state index contributed by atoms with van der Waals surface area (Å²) in [6.07, 6.45) is 5.13. The van der Waals surface area contributed by atoms with Crippen LogP contribution in [0.15, 0.2) is 16.9 Å². The molecule has 0 saturated heterocycles. The van der Waals surface area contributed by atoms with E-state index in [1.54, 1.807) is 0 Å². The Bertz CT molecular complexity index is 764. The monoisotopic (exact) mass is 316 g/mol. The van der Waals surface area contributed by atoms with Crippen molar-refractivity contribution in [3.63, 3.8) is 0 Å². The van der Waals surface area contributed by atoms with Crippen LogP contribution in [0, 0.1) is 0 Å². The van der Waals surface area contributed by atoms with Crippen LogP contribution in [0.25, 0.3) is 0 Å². The topological polar surface area (TPSA) is 94.7 Å². The summed E-state index contributed by atoms with van der Waals surface area (Å²) in [4.78, 5) is 23.3. The molecule has 2 aromatic rings. The molecule has 3 rings (SSSR count). The van der Waals surface area contributed by atoms with Gasteiger partial charge in [-0.1, -0.05) is 6.42 Å². The zero-order valence-electron chi connectivity index (χ0n) is 13.2. The van der Waals surface area contributed by atoms with Gasteiger partial charge < -0.3 is 9.88 Å². The predicted molar refractivity (Wildman–Crippen MR) is 83.1 cm³/mol. The Morgan fingerprint density at radius 3 is 2.96 bits per heavy atom. The van der Waals surface area contributed by atoms with Gasteiger partial charge in [-0.15, -0.1) is 10.2 Å². The lowest BCUT2D eigenvalue weighted by molar-refractivity contribution is 0.0946. The molecule has 8 heteroatoms. The molecule has 0 atom stereocenters. The van der Waals surface area contributed by atoms with Crippen molar-refractivity contribution in [3.8, 4) is 0 Å². The average molecular weight is 316 g/mol. The maximum atomic E-state index is 12.0. The lowest BCUT2D eigenvalue weighted by Gasteiger charge is -2.08. The average Bonchev–Trinajstić information content (AvgIpc) is 2.77. The van der Waals surface area contributed by atoms with Gasteiger partial charge in [-0.2, -0.15) is 5.10 Å². The van der Waals surface area contributed by atoms with E-state index in [9.17, 15) is 9.59 Å². The van der Waals surface area contributed by atoms with E-state index < -0.39 is 0 Å². The van der Waals surface area contributed by atoms with E-state index in [1.165, 1.54) is 25.6 Å². The molecule has 122 valence electrons. The van der Waals surface area contributed by atoms with Crippen LogP contribution in [0.1, 0.15) is 41.4 Å². The van der Waals surface area contributed by atoms with Gasteiger partial charge in [0, 0.05) is 39.0 Å². The third kappa shape index (κ3) is 3.46. The van der Waals surface area contributed by atoms with Gasteiger partial charge in [-0.25, -0.2) is 4.68 Å². The van der Waals surface area contributed by atoms with Gasteiger partial charge in [-0.05, 0) is 18.9 Å². The van der Waals surface area contributed by atoms with E-state index in [0.717, 1.165) is 42.1 Å². The molecular formula is C15H20N6O2. The molecule has 8 nitrogen and oxygen atoms in total. The standard InChI is InChI=1S/C15H20N6O2/c1-20-14(22)7-6-11(19-20)15(23)16-9-8-13-18-17-12-5-3-2-4-10-21(12)13/h6-7H,2-5,8-10H2,1H3,(H,16,23). The maximum Gasteiger partial charge on any atom is 0.271 e. The van der Waals surface area contributed by atoms with Crippen LogP contribution in [0.2, 0.25) is 0 Å². The zero-order chi connectivity index (χ0) is 16.2. The first kappa shape index (κ1) is 15.4. The van der Waals surface area contributed by atoms with Crippen molar-refractivity contribution in [2.75, 3.05) is 6.54 Å². The third-order valence-corrected chi connectivity index (χ3v) is 4.01. The normalized spacial score (nSPS) is 14.1. The molecule has 0 spiro atoms. The summed E-state index contributed by atoms with van der Waals surface area (Å²) in [6.45, 7) is 1.41. The number of carbonyl (C=O) groups excluding carboxylic acids is 1. The first-order valence-corrected chi connectivity index (χ1v) is 7.88. The van der Waals surface area contributed by atoms with Crippen LogP contribution in [-0.2, 0) is 26.4 Å². The Hall–Kier alpha value is -2.51. The van der Waals surface area contributed by atoms with Gasteiger partial charge in [0.25, 0.3) is 11.5 Å². The first-order chi connectivity index (χ1) is 11.1. The molecule has 1 amide bonds. The molecule has 0 aromatic carbocycles. The fraction of sp³-hybridized carbons (Fsp3) is 0.533. The predicted octanol–water partition coefficient (Wildman–Crippen LogP) is 0.0707. The fourth-order valence-corrected chi connectivity index (χ4v) is 2.73. The Balaban J connectivity index is 1.59. The second-order valence-electron chi connectivity index (χ2n) is 5.68. The second kappa shape index (κ2) is 6.72. The van der Waals surface area contributed by atoms with Gasteiger partial charge in [0.05, 0.1) is 0 Å². The Labute approximate surface area is 133 Å². The van der Waals surface area contributed by atoms with Crippen LogP contribution in [0.3, 0.4) is 0 Å². The summed E-state index contributed by atoms with van der Waals surface area (Å²) in [6, 6.07) is 2.76. The van der Waals surface area contributed by atoms with Crippen molar-refractivity contribution in [2.24, 2.45) is 7.05 Å². The zero-order valence-corrected chi connectivity index (χ0v) is 13.2. The van der Waals surface area contributed by atoms with Crippen LogP contribution < -0.4 is 10.9 Å². The molecule has 0 fully saturated rings. The number of nitrogens with zero attached hydrogens (tertiary/aromatic N) is 5. The minimum atomic E-state index is -0.295. The molecule has 0 radical (unpaired) electrons. The molecule has 23 heavy (non-hydrogen) atoms. The van der Waals surface area contributed by atoms with E-state index >= 15 is 0 Å². The highest BCUT2D eigenvalue weighted by Crippen LogP contribution is 2.14. The summed E-state index contributed by atoms with van der Waals surface area (Å²) in [5, 5.41) is 15.2. The Morgan fingerprint density at radius 1 is 1.26 bits per heavy atom. The number of rotatable bonds is 4. The summed E-state index contributed by atoms with van der Waals surface area (Å²) in [5.74, 6) is 1.66. The van der Waals surface area contributed by atoms with Crippen LogP contribution in [0.4, 0.5) is 0 Å².